The SMILES string of the molecule is CN(CCOc1ccc2ccc(=O)oc2c1)C(=O)OC(C)(C)C. The van der Waals surface area contributed by atoms with Crippen molar-refractivity contribution in [2.75, 3.05) is 20.2 Å². The lowest BCUT2D eigenvalue weighted by molar-refractivity contribution is 0.0278. The van der Waals surface area contributed by atoms with E-state index in [2.05, 4.69) is 0 Å². The lowest BCUT2D eigenvalue weighted by Crippen LogP contribution is -2.36. The highest BCUT2D eigenvalue weighted by atomic mass is 16.6. The number of amides is 1. The molecule has 0 fully saturated rings. The molecule has 0 N–H and O–H groups in total. The molecule has 1 amide bonds. The summed E-state index contributed by atoms with van der Waals surface area (Å²) in [4.78, 5) is 24.5. The van der Waals surface area contributed by atoms with Crippen LogP contribution in [0.25, 0.3) is 11.0 Å². The first-order valence-electron chi connectivity index (χ1n) is 7.35. The zero-order chi connectivity index (χ0) is 17.0. The molecule has 2 rings (SSSR count). The zero-order valence-corrected chi connectivity index (χ0v) is 13.8. The standard InChI is InChI=1S/C17H21NO5/c1-17(2,3)23-16(20)18(4)9-10-21-13-7-5-12-6-8-15(19)22-14(12)11-13/h5-8,11H,9-10H2,1-4H3. The van der Waals surface area contributed by atoms with Crippen LogP contribution in [0.15, 0.2) is 39.5 Å². The molecule has 1 aromatic carbocycles. The number of rotatable bonds is 4. The minimum atomic E-state index is -0.526. The summed E-state index contributed by atoms with van der Waals surface area (Å²) in [5.74, 6) is 0.574. The molecule has 0 saturated carbocycles. The van der Waals surface area contributed by atoms with Crippen molar-refractivity contribution in [2.24, 2.45) is 0 Å². The number of hydrogen-bond donors (Lipinski definition) is 0. The van der Waals surface area contributed by atoms with E-state index < -0.39 is 17.3 Å². The molecule has 0 aliphatic carbocycles. The van der Waals surface area contributed by atoms with Gasteiger partial charge in [0.1, 0.15) is 23.5 Å². The van der Waals surface area contributed by atoms with Crippen molar-refractivity contribution >= 4 is 17.1 Å². The number of carbonyl (C=O) groups excluding carboxylic acids is 1. The molecule has 0 atom stereocenters. The monoisotopic (exact) mass is 319 g/mol. The number of carbonyl (C=O) groups is 1. The zero-order valence-electron chi connectivity index (χ0n) is 13.8. The van der Waals surface area contributed by atoms with Crippen LogP contribution in [0.1, 0.15) is 20.8 Å². The maximum absolute atomic E-state index is 11.8. The summed E-state index contributed by atoms with van der Waals surface area (Å²) < 4.78 is 16.0. The van der Waals surface area contributed by atoms with Crippen molar-refractivity contribution in [3.8, 4) is 5.75 Å². The highest BCUT2D eigenvalue weighted by Gasteiger charge is 2.19. The maximum Gasteiger partial charge on any atom is 0.410 e. The lowest BCUT2D eigenvalue weighted by Gasteiger charge is -2.24. The molecular formula is C17H21NO5. The molecule has 0 aliphatic heterocycles. The van der Waals surface area contributed by atoms with E-state index >= 15 is 0 Å². The molecule has 0 radical (unpaired) electrons. The summed E-state index contributed by atoms with van der Waals surface area (Å²) in [6.07, 6.45) is -0.398. The molecular weight excluding hydrogens is 298 g/mol. The fraction of sp³-hybridized carbons (Fsp3) is 0.412. The van der Waals surface area contributed by atoms with E-state index in [-0.39, 0.29) is 0 Å². The minimum Gasteiger partial charge on any atom is -0.492 e. The van der Waals surface area contributed by atoms with Gasteiger partial charge in [-0.2, -0.15) is 0 Å². The predicted octanol–water partition coefficient (Wildman–Crippen LogP) is 3.04. The first-order chi connectivity index (χ1) is 10.7. The first kappa shape index (κ1) is 16.9. The quantitative estimate of drug-likeness (QED) is 0.810. The molecule has 6 nitrogen and oxygen atoms in total. The van der Waals surface area contributed by atoms with Gasteiger partial charge < -0.3 is 18.8 Å². The van der Waals surface area contributed by atoms with E-state index in [1.165, 1.54) is 11.0 Å². The van der Waals surface area contributed by atoms with Crippen molar-refractivity contribution in [3.05, 3.63) is 40.8 Å². The Morgan fingerprint density at radius 3 is 2.61 bits per heavy atom. The third kappa shape index (κ3) is 5.02. The molecule has 23 heavy (non-hydrogen) atoms. The third-order valence-electron chi connectivity index (χ3n) is 3.00. The predicted molar refractivity (Wildman–Crippen MR) is 86.8 cm³/mol. The van der Waals surface area contributed by atoms with Gasteiger partial charge in [0, 0.05) is 24.6 Å². The molecule has 1 heterocycles. The van der Waals surface area contributed by atoms with E-state index in [9.17, 15) is 9.59 Å². The van der Waals surface area contributed by atoms with Gasteiger partial charge in [-0.1, -0.05) is 0 Å². The van der Waals surface area contributed by atoms with Crippen LogP contribution in [-0.4, -0.2) is 36.8 Å². The van der Waals surface area contributed by atoms with Gasteiger partial charge in [-0.15, -0.1) is 0 Å². The summed E-state index contributed by atoms with van der Waals surface area (Å²) in [5, 5.41) is 0.822. The fourth-order valence-electron chi connectivity index (χ4n) is 1.86. The summed E-state index contributed by atoms with van der Waals surface area (Å²) in [5.41, 5.74) is -0.461. The second kappa shape index (κ2) is 6.73. The van der Waals surface area contributed by atoms with Crippen LogP contribution in [0.5, 0.6) is 5.75 Å². The van der Waals surface area contributed by atoms with Gasteiger partial charge >= 0.3 is 11.7 Å². The van der Waals surface area contributed by atoms with Crippen LogP contribution in [0.3, 0.4) is 0 Å². The van der Waals surface area contributed by atoms with Crippen LogP contribution >= 0.6 is 0 Å². The molecule has 1 aromatic heterocycles. The van der Waals surface area contributed by atoms with Gasteiger partial charge in [0.25, 0.3) is 0 Å². The molecule has 6 heteroatoms. The Hall–Kier alpha value is -2.50. The Labute approximate surface area is 134 Å². The molecule has 124 valence electrons. The van der Waals surface area contributed by atoms with Crippen LogP contribution in [-0.2, 0) is 4.74 Å². The molecule has 0 aliphatic rings. The summed E-state index contributed by atoms with van der Waals surface area (Å²) >= 11 is 0. The van der Waals surface area contributed by atoms with E-state index in [1.54, 1.807) is 25.2 Å². The summed E-state index contributed by atoms with van der Waals surface area (Å²) in [7, 11) is 1.65. The van der Waals surface area contributed by atoms with Crippen molar-refractivity contribution in [3.63, 3.8) is 0 Å². The van der Waals surface area contributed by atoms with Gasteiger partial charge in [-0.3, -0.25) is 0 Å². The van der Waals surface area contributed by atoms with Gasteiger partial charge in [-0.05, 0) is 39.0 Å². The van der Waals surface area contributed by atoms with E-state index in [1.807, 2.05) is 26.8 Å². The highest BCUT2D eigenvalue weighted by Crippen LogP contribution is 2.19. The number of fused-ring (bicyclic) bond motifs is 1. The van der Waals surface area contributed by atoms with Crippen LogP contribution in [0, 0.1) is 0 Å². The third-order valence-corrected chi connectivity index (χ3v) is 3.00. The summed E-state index contributed by atoms with van der Waals surface area (Å²) in [6.45, 7) is 6.14. The Kier molecular flexibility index (Phi) is 4.93. The smallest absolute Gasteiger partial charge is 0.410 e. The number of likely N-dealkylation sites (N-methyl/N-ethyl adjacent to an activating group) is 1. The summed E-state index contributed by atoms with van der Waals surface area (Å²) in [6, 6.07) is 8.32. The van der Waals surface area contributed by atoms with Gasteiger partial charge in [0.2, 0.25) is 0 Å². The van der Waals surface area contributed by atoms with Gasteiger partial charge in [-0.25, -0.2) is 9.59 Å². The van der Waals surface area contributed by atoms with Gasteiger partial charge in [0.15, 0.2) is 0 Å². The first-order valence-corrected chi connectivity index (χ1v) is 7.35. The average Bonchev–Trinajstić information content (AvgIpc) is 2.44. The normalized spacial score (nSPS) is 11.3. The van der Waals surface area contributed by atoms with Crippen LogP contribution in [0.4, 0.5) is 4.79 Å². The molecule has 0 saturated heterocycles. The Morgan fingerprint density at radius 2 is 1.91 bits per heavy atom. The van der Waals surface area contributed by atoms with Crippen molar-refractivity contribution in [1.82, 2.24) is 4.90 Å². The van der Waals surface area contributed by atoms with E-state index in [4.69, 9.17) is 13.9 Å². The van der Waals surface area contributed by atoms with Gasteiger partial charge in [0.05, 0.1) is 6.54 Å². The number of benzene rings is 1. The Bertz CT molecular complexity index is 744. The second-order valence-corrected chi connectivity index (χ2v) is 6.20. The van der Waals surface area contributed by atoms with Crippen LogP contribution < -0.4 is 10.4 Å². The van der Waals surface area contributed by atoms with Crippen molar-refractivity contribution in [1.29, 1.82) is 0 Å². The number of nitrogens with zero attached hydrogens (tertiary/aromatic N) is 1. The van der Waals surface area contributed by atoms with Crippen molar-refractivity contribution in [2.45, 2.75) is 26.4 Å². The average molecular weight is 319 g/mol. The molecule has 0 unspecified atom stereocenters. The maximum atomic E-state index is 11.8. The molecule has 0 bridgehead atoms. The molecule has 0 spiro atoms. The number of hydrogen-bond acceptors (Lipinski definition) is 5. The Balaban J connectivity index is 1.91. The highest BCUT2D eigenvalue weighted by molar-refractivity contribution is 5.77. The largest absolute Gasteiger partial charge is 0.492 e. The topological polar surface area (TPSA) is 69.0 Å². The van der Waals surface area contributed by atoms with E-state index in [0.29, 0.717) is 24.5 Å². The lowest BCUT2D eigenvalue weighted by atomic mass is 10.2. The number of ether oxygens (including phenoxy) is 2. The second-order valence-electron chi connectivity index (χ2n) is 6.20. The van der Waals surface area contributed by atoms with Crippen molar-refractivity contribution < 1.29 is 18.7 Å². The minimum absolute atomic E-state index is 0.304. The van der Waals surface area contributed by atoms with Crippen LogP contribution in [0.2, 0.25) is 0 Å². The van der Waals surface area contributed by atoms with E-state index in [0.717, 1.165) is 5.39 Å². The Morgan fingerprint density at radius 1 is 1.22 bits per heavy atom. The molecule has 2 aromatic rings. The fourth-order valence-corrected chi connectivity index (χ4v) is 1.86.